The summed E-state index contributed by atoms with van der Waals surface area (Å²) in [6.07, 6.45) is 0. The van der Waals surface area contributed by atoms with Crippen LogP contribution in [0.15, 0.2) is 81.6 Å². The largest absolute Gasteiger partial charge is 0.279 e. The molecule has 2 aromatic carbocycles. The molecular formula is C20H18N2OS2. The van der Waals surface area contributed by atoms with E-state index in [0.717, 1.165) is 22.2 Å². The molecule has 4 rings (SSSR count). The van der Waals surface area contributed by atoms with Gasteiger partial charge >= 0.3 is 0 Å². The van der Waals surface area contributed by atoms with Crippen molar-refractivity contribution in [2.45, 2.75) is 28.3 Å². The first kappa shape index (κ1) is 16.5. The highest BCUT2D eigenvalue weighted by molar-refractivity contribution is 8.03. The lowest BCUT2D eigenvalue weighted by Crippen LogP contribution is -2.38. The van der Waals surface area contributed by atoms with E-state index in [1.165, 1.54) is 4.90 Å². The average Bonchev–Trinajstić information content (AvgIpc) is 2.63. The van der Waals surface area contributed by atoms with Gasteiger partial charge in [0.25, 0.3) is 5.56 Å². The Labute approximate surface area is 155 Å². The molecule has 0 saturated carbocycles. The van der Waals surface area contributed by atoms with Crippen LogP contribution in [0.2, 0.25) is 0 Å². The highest BCUT2D eigenvalue weighted by atomic mass is 32.2. The third-order valence-electron chi connectivity index (χ3n) is 4.23. The van der Waals surface area contributed by atoms with Gasteiger partial charge in [0.1, 0.15) is 0 Å². The van der Waals surface area contributed by atoms with E-state index in [1.807, 2.05) is 47.5 Å². The van der Waals surface area contributed by atoms with E-state index in [9.17, 15) is 4.79 Å². The molecule has 1 aromatic heterocycles. The molecule has 1 aliphatic rings. The molecule has 5 heteroatoms. The second kappa shape index (κ2) is 7.10. The first-order valence-electron chi connectivity index (χ1n) is 8.22. The summed E-state index contributed by atoms with van der Waals surface area (Å²) < 4.78 is 1.87. The number of benzene rings is 2. The van der Waals surface area contributed by atoms with Gasteiger partial charge in [0.15, 0.2) is 5.16 Å². The molecule has 0 saturated heterocycles. The van der Waals surface area contributed by atoms with Crippen molar-refractivity contribution in [1.82, 2.24) is 9.55 Å². The zero-order valence-electron chi connectivity index (χ0n) is 13.8. The normalized spacial score (nSPS) is 19.4. The van der Waals surface area contributed by atoms with Crippen LogP contribution < -0.4 is 5.56 Å². The van der Waals surface area contributed by atoms with Crippen molar-refractivity contribution in [3.63, 3.8) is 0 Å². The number of hydrogen-bond donors (Lipinski definition) is 0. The van der Waals surface area contributed by atoms with Gasteiger partial charge in [-0.05, 0) is 24.6 Å². The van der Waals surface area contributed by atoms with Gasteiger partial charge in [-0.1, -0.05) is 60.3 Å². The summed E-state index contributed by atoms with van der Waals surface area (Å²) in [7, 11) is 0. The first-order valence-corrected chi connectivity index (χ1v) is 10.1. The standard InChI is InChI=1S/C20H18N2OS2/c1-14-12-18(23)22-19(15-8-4-2-5-9-15)17(13-24-20(22)21-14)25-16-10-6-3-7-11-16/h2-12,17,19H,13H2,1H3. The van der Waals surface area contributed by atoms with Crippen LogP contribution in [0.4, 0.5) is 0 Å². The van der Waals surface area contributed by atoms with Gasteiger partial charge in [0, 0.05) is 27.7 Å². The second-order valence-electron chi connectivity index (χ2n) is 6.02. The lowest BCUT2D eigenvalue weighted by molar-refractivity contribution is 0.488. The van der Waals surface area contributed by atoms with Crippen LogP contribution in [0, 0.1) is 6.92 Å². The number of rotatable bonds is 3. The zero-order valence-corrected chi connectivity index (χ0v) is 15.5. The highest BCUT2D eigenvalue weighted by Crippen LogP contribution is 2.41. The minimum atomic E-state index is -0.0109. The molecule has 0 spiro atoms. The monoisotopic (exact) mass is 366 g/mol. The van der Waals surface area contributed by atoms with Crippen LogP contribution in [0.5, 0.6) is 0 Å². The van der Waals surface area contributed by atoms with Crippen LogP contribution in [-0.2, 0) is 0 Å². The summed E-state index contributed by atoms with van der Waals surface area (Å²) in [6, 6.07) is 22.3. The van der Waals surface area contributed by atoms with Crippen LogP contribution in [-0.4, -0.2) is 20.6 Å². The van der Waals surface area contributed by atoms with Gasteiger partial charge in [0.05, 0.1) is 6.04 Å². The van der Waals surface area contributed by atoms with E-state index in [2.05, 4.69) is 41.4 Å². The van der Waals surface area contributed by atoms with Gasteiger partial charge in [-0.3, -0.25) is 9.36 Å². The maximum Gasteiger partial charge on any atom is 0.254 e. The molecule has 0 amide bonds. The molecular weight excluding hydrogens is 348 g/mol. The van der Waals surface area contributed by atoms with Crippen molar-refractivity contribution in [3.05, 3.63) is 88.3 Å². The summed E-state index contributed by atoms with van der Waals surface area (Å²) in [4.78, 5) is 18.6. The molecule has 126 valence electrons. The minimum Gasteiger partial charge on any atom is -0.279 e. The molecule has 2 atom stereocenters. The fourth-order valence-corrected chi connectivity index (χ4v) is 5.73. The topological polar surface area (TPSA) is 34.9 Å². The third kappa shape index (κ3) is 3.39. The van der Waals surface area contributed by atoms with Crippen molar-refractivity contribution in [2.24, 2.45) is 0 Å². The van der Waals surface area contributed by atoms with Crippen LogP contribution in [0.3, 0.4) is 0 Å². The van der Waals surface area contributed by atoms with Crippen molar-refractivity contribution in [1.29, 1.82) is 0 Å². The highest BCUT2D eigenvalue weighted by Gasteiger charge is 2.33. The van der Waals surface area contributed by atoms with Crippen LogP contribution in [0.1, 0.15) is 17.3 Å². The van der Waals surface area contributed by atoms with E-state index in [-0.39, 0.29) is 16.9 Å². The zero-order chi connectivity index (χ0) is 17.2. The molecule has 2 unspecified atom stereocenters. The van der Waals surface area contributed by atoms with Crippen molar-refractivity contribution < 1.29 is 0 Å². The Morgan fingerprint density at radius 3 is 2.48 bits per heavy atom. The quantitative estimate of drug-likeness (QED) is 0.643. The molecule has 0 bridgehead atoms. The van der Waals surface area contributed by atoms with Crippen LogP contribution >= 0.6 is 23.5 Å². The fraction of sp³-hybridized carbons (Fsp3) is 0.200. The van der Waals surface area contributed by atoms with Crippen molar-refractivity contribution >= 4 is 23.5 Å². The summed E-state index contributed by atoms with van der Waals surface area (Å²) in [5.41, 5.74) is 1.97. The lowest BCUT2D eigenvalue weighted by Gasteiger charge is -2.34. The average molecular weight is 367 g/mol. The van der Waals surface area contributed by atoms with Gasteiger partial charge in [-0.25, -0.2) is 4.98 Å². The second-order valence-corrected chi connectivity index (χ2v) is 8.32. The lowest BCUT2D eigenvalue weighted by atomic mass is 10.0. The molecule has 0 aliphatic carbocycles. The molecule has 2 heterocycles. The molecule has 0 radical (unpaired) electrons. The summed E-state index contributed by atoms with van der Waals surface area (Å²) in [5, 5.41) is 1.09. The smallest absolute Gasteiger partial charge is 0.254 e. The number of thioether (sulfide) groups is 2. The maximum atomic E-state index is 12.8. The third-order valence-corrected chi connectivity index (χ3v) is 6.78. The van der Waals surface area contributed by atoms with Gasteiger partial charge in [-0.2, -0.15) is 0 Å². The Hall–Kier alpha value is -1.98. The van der Waals surface area contributed by atoms with Gasteiger partial charge < -0.3 is 0 Å². The first-order chi connectivity index (χ1) is 12.2. The van der Waals surface area contributed by atoms with Crippen molar-refractivity contribution in [3.8, 4) is 0 Å². The Balaban J connectivity index is 1.81. The predicted molar refractivity (Wildman–Crippen MR) is 105 cm³/mol. The van der Waals surface area contributed by atoms with Gasteiger partial charge in [0.2, 0.25) is 0 Å². The van der Waals surface area contributed by atoms with E-state index < -0.39 is 0 Å². The van der Waals surface area contributed by atoms with Crippen LogP contribution in [0.25, 0.3) is 0 Å². The summed E-state index contributed by atoms with van der Waals surface area (Å²) in [6.45, 7) is 1.88. The van der Waals surface area contributed by atoms with E-state index in [0.29, 0.717) is 0 Å². The Bertz CT molecular complexity index is 925. The van der Waals surface area contributed by atoms with E-state index >= 15 is 0 Å². The molecule has 0 N–H and O–H groups in total. The summed E-state index contributed by atoms with van der Waals surface area (Å²) >= 11 is 3.51. The van der Waals surface area contributed by atoms with E-state index in [1.54, 1.807) is 17.8 Å². The number of nitrogens with zero attached hydrogens (tertiary/aromatic N) is 2. The molecule has 0 fully saturated rings. The molecule has 25 heavy (non-hydrogen) atoms. The summed E-state index contributed by atoms with van der Waals surface area (Å²) in [5.74, 6) is 0.926. The number of aryl methyl sites for hydroxylation is 1. The molecule has 3 aromatic rings. The number of hydrogen-bond acceptors (Lipinski definition) is 4. The molecule has 1 aliphatic heterocycles. The number of fused-ring (bicyclic) bond motifs is 1. The molecule has 3 nitrogen and oxygen atoms in total. The fourth-order valence-electron chi connectivity index (χ4n) is 3.14. The Morgan fingerprint density at radius 1 is 1.08 bits per heavy atom. The van der Waals surface area contributed by atoms with Gasteiger partial charge in [-0.15, -0.1) is 11.8 Å². The Morgan fingerprint density at radius 2 is 1.76 bits per heavy atom. The predicted octanol–water partition coefficient (Wildman–Crippen LogP) is 4.41. The minimum absolute atomic E-state index is 0.0109. The van der Waals surface area contributed by atoms with Crippen molar-refractivity contribution in [2.75, 3.05) is 5.75 Å². The maximum absolute atomic E-state index is 12.8. The number of aromatic nitrogens is 2. The Kier molecular flexibility index (Phi) is 4.68. The SMILES string of the molecule is Cc1cc(=O)n2c(n1)SCC(Sc1ccccc1)C2c1ccccc1. The van der Waals surface area contributed by atoms with E-state index in [4.69, 9.17) is 0 Å².